The number of rotatable bonds is 5. The molecule has 138 valence electrons. The van der Waals surface area contributed by atoms with E-state index in [1.807, 2.05) is 30.7 Å². The molecule has 0 aliphatic rings. The maximum atomic E-state index is 13.0. The monoisotopic (exact) mass is 382 g/mol. The molecule has 0 spiro atoms. The van der Waals surface area contributed by atoms with Crippen LogP contribution in [0.15, 0.2) is 29.2 Å². The summed E-state index contributed by atoms with van der Waals surface area (Å²) in [6, 6.07) is 5.54. The van der Waals surface area contributed by atoms with Gasteiger partial charge < -0.3 is 15.2 Å². The van der Waals surface area contributed by atoms with E-state index in [0.717, 1.165) is 32.0 Å². The van der Waals surface area contributed by atoms with Gasteiger partial charge in [-0.3, -0.25) is 9.59 Å². The summed E-state index contributed by atoms with van der Waals surface area (Å²) < 4.78 is 4.27. The summed E-state index contributed by atoms with van der Waals surface area (Å²) in [5.74, 6) is 0. The molecule has 3 aromatic heterocycles. The Morgan fingerprint density at radius 2 is 2.11 bits per heavy atom. The van der Waals surface area contributed by atoms with E-state index < -0.39 is 0 Å². The lowest BCUT2D eigenvalue weighted by Crippen LogP contribution is -2.24. The van der Waals surface area contributed by atoms with Crippen LogP contribution in [0.1, 0.15) is 10.6 Å². The van der Waals surface area contributed by atoms with Gasteiger partial charge in [0.15, 0.2) is 5.65 Å². The van der Waals surface area contributed by atoms with Crippen molar-refractivity contribution >= 4 is 50.4 Å². The second-order valence-electron chi connectivity index (χ2n) is 6.21. The summed E-state index contributed by atoms with van der Waals surface area (Å²) >= 11 is 1.57. The third-order valence-corrected chi connectivity index (χ3v) is 5.53. The van der Waals surface area contributed by atoms with Crippen LogP contribution in [0, 0.1) is 6.92 Å². The first kappa shape index (κ1) is 17.2. The first-order valence-corrected chi connectivity index (χ1v) is 9.17. The summed E-state index contributed by atoms with van der Waals surface area (Å²) in [5, 5.41) is 11.8. The van der Waals surface area contributed by atoms with Gasteiger partial charge >= 0.3 is 0 Å². The Morgan fingerprint density at radius 3 is 2.85 bits per heavy atom. The Morgan fingerprint density at radius 1 is 1.30 bits per heavy atom. The molecule has 0 radical (unpaired) electrons. The van der Waals surface area contributed by atoms with Crippen molar-refractivity contribution in [3.63, 3.8) is 0 Å². The average molecular weight is 382 g/mol. The maximum absolute atomic E-state index is 13.0. The Balaban J connectivity index is 1.79. The highest BCUT2D eigenvalue weighted by Gasteiger charge is 2.17. The first-order chi connectivity index (χ1) is 13.0. The minimum Gasteiger partial charge on any atom is -0.386 e. The molecule has 9 heteroatoms. The van der Waals surface area contributed by atoms with Crippen molar-refractivity contribution in [2.24, 2.45) is 7.05 Å². The Hall–Kier alpha value is -3.20. The number of nitrogens with zero attached hydrogens (tertiary/aromatic N) is 4. The van der Waals surface area contributed by atoms with Crippen LogP contribution in [0.2, 0.25) is 0 Å². The minimum atomic E-state index is -0.154. The zero-order valence-corrected chi connectivity index (χ0v) is 15.9. The lowest BCUT2D eigenvalue weighted by Gasteiger charge is -2.11. The molecule has 0 saturated heterocycles. The molecule has 1 amide bonds. The van der Waals surface area contributed by atoms with E-state index in [2.05, 4.69) is 20.7 Å². The van der Waals surface area contributed by atoms with E-state index >= 15 is 0 Å². The van der Waals surface area contributed by atoms with Crippen molar-refractivity contribution in [2.75, 3.05) is 17.7 Å². The Bertz CT molecular complexity index is 1240. The number of hydrogen-bond donors (Lipinski definition) is 2. The van der Waals surface area contributed by atoms with Crippen LogP contribution in [0.5, 0.6) is 0 Å². The number of nitrogens with one attached hydrogen (secondary N) is 2. The Labute approximate surface area is 158 Å². The van der Waals surface area contributed by atoms with Crippen molar-refractivity contribution in [3.05, 3.63) is 45.3 Å². The second kappa shape index (κ2) is 6.51. The number of benzene rings is 1. The molecule has 0 saturated carbocycles. The summed E-state index contributed by atoms with van der Waals surface area (Å²) in [5.41, 5.74) is 3.61. The SMILES string of the molecule is CNc1cc(Cn2ncc3c4sc(C)nc4n(C)c3c2=O)ccc1NC=O. The molecule has 27 heavy (non-hydrogen) atoms. The third-order valence-electron chi connectivity index (χ3n) is 4.53. The van der Waals surface area contributed by atoms with Gasteiger partial charge in [0.05, 0.1) is 33.8 Å². The van der Waals surface area contributed by atoms with Crippen LogP contribution < -0.4 is 16.2 Å². The van der Waals surface area contributed by atoms with E-state index in [9.17, 15) is 9.59 Å². The van der Waals surface area contributed by atoms with Gasteiger partial charge in [0.2, 0.25) is 6.41 Å². The van der Waals surface area contributed by atoms with Crippen molar-refractivity contribution in [1.82, 2.24) is 19.3 Å². The zero-order chi connectivity index (χ0) is 19.1. The number of amides is 1. The molecular formula is C18H18N6O2S. The molecule has 3 heterocycles. The van der Waals surface area contributed by atoms with Crippen molar-refractivity contribution in [2.45, 2.75) is 13.5 Å². The summed E-state index contributed by atoms with van der Waals surface area (Å²) in [7, 11) is 3.63. The number of hydrogen-bond acceptors (Lipinski definition) is 6. The molecular weight excluding hydrogens is 364 g/mol. The molecule has 0 fully saturated rings. The molecule has 0 atom stereocenters. The Kier molecular flexibility index (Phi) is 4.15. The van der Waals surface area contributed by atoms with Crippen molar-refractivity contribution in [1.29, 1.82) is 0 Å². The van der Waals surface area contributed by atoms with Gasteiger partial charge in [-0.05, 0) is 24.6 Å². The average Bonchev–Trinajstić information content (AvgIpc) is 3.16. The zero-order valence-electron chi connectivity index (χ0n) is 15.1. The molecule has 8 nitrogen and oxygen atoms in total. The fraction of sp³-hybridized carbons (Fsp3) is 0.222. The van der Waals surface area contributed by atoms with Gasteiger partial charge in [-0.25, -0.2) is 9.67 Å². The number of thiazole rings is 1. The van der Waals surface area contributed by atoms with Gasteiger partial charge in [-0.1, -0.05) is 6.07 Å². The van der Waals surface area contributed by atoms with E-state index in [4.69, 9.17) is 0 Å². The molecule has 0 unspecified atom stereocenters. The number of aromatic nitrogens is 4. The van der Waals surface area contributed by atoms with E-state index in [0.29, 0.717) is 24.2 Å². The second-order valence-corrected chi connectivity index (χ2v) is 7.41. The molecule has 0 aliphatic carbocycles. The molecule has 0 bridgehead atoms. The van der Waals surface area contributed by atoms with Gasteiger partial charge in [-0.15, -0.1) is 11.3 Å². The highest BCUT2D eigenvalue weighted by molar-refractivity contribution is 7.19. The largest absolute Gasteiger partial charge is 0.386 e. The summed E-state index contributed by atoms with van der Waals surface area (Å²) in [6.07, 6.45) is 2.37. The number of carbonyl (C=O) groups is 1. The van der Waals surface area contributed by atoms with Crippen LogP contribution in [-0.4, -0.2) is 32.8 Å². The number of anilines is 2. The number of fused-ring (bicyclic) bond motifs is 3. The normalized spacial score (nSPS) is 11.2. The highest BCUT2D eigenvalue weighted by Crippen LogP contribution is 2.30. The molecule has 4 aromatic rings. The number of carbonyl (C=O) groups excluding carboxylic acids is 1. The number of aryl methyl sites for hydroxylation is 2. The molecule has 1 aromatic carbocycles. The van der Waals surface area contributed by atoms with Gasteiger partial charge in [-0.2, -0.15) is 5.10 Å². The van der Waals surface area contributed by atoms with Crippen molar-refractivity contribution < 1.29 is 4.79 Å². The molecule has 4 rings (SSSR count). The van der Waals surface area contributed by atoms with Crippen LogP contribution in [0.3, 0.4) is 0 Å². The van der Waals surface area contributed by atoms with Gasteiger partial charge in [0, 0.05) is 19.5 Å². The minimum absolute atomic E-state index is 0.154. The van der Waals surface area contributed by atoms with Crippen LogP contribution >= 0.6 is 11.3 Å². The molecule has 2 N–H and O–H groups in total. The molecule has 0 aliphatic heterocycles. The van der Waals surface area contributed by atoms with Crippen LogP contribution in [0.25, 0.3) is 21.3 Å². The quantitative estimate of drug-likeness (QED) is 0.517. The lowest BCUT2D eigenvalue weighted by molar-refractivity contribution is -0.105. The fourth-order valence-electron chi connectivity index (χ4n) is 3.26. The maximum Gasteiger partial charge on any atom is 0.291 e. The van der Waals surface area contributed by atoms with Gasteiger partial charge in [0.25, 0.3) is 5.56 Å². The predicted octanol–water partition coefficient (Wildman–Crippen LogP) is 2.31. The lowest BCUT2D eigenvalue weighted by atomic mass is 10.1. The van der Waals surface area contributed by atoms with Gasteiger partial charge in [0.1, 0.15) is 5.52 Å². The van der Waals surface area contributed by atoms with E-state index in [1.165, 1.54) is 4.68 Å². The first-order valence-electron chi connectivity index (χ1n) is 8.36. The van der Waals surface area contributed by atoms with Crippen LogP contribution in [0.4, 0.5) is 11.4 Å². The summed E-state index contributed by atoms with van der Waals surface area (Å²) in [4.78, 5) is 28.2. The standard InChI is InChI=1S/C18H18N6O2S/c1-10-22-17-16(27-10)12-7-21-24(18(26)15(12)23(17)3)8-11-4-5-13(20-9-25)14(6-11)19-2/h4-7,9,19H,8H2,1-3H3,(H,20,25). The smallest absolute Gasteiger partial charge is 0.291 e. The topological polar surface area (TPSA) is 93.8 Å². The van der Waals surface area contributed by atoms with E-state index in [-0.39, 0.29) is 5.56 Å². The summed E-state index contributed by atoms with van der Waals surface area (Å²) in [6.45, 7) is 2.28. The fourth-order valence-corrected chi connectivity index (χ4v) is 4.23. The third kappa shape index (κ3) is 2.76. The van der Waals surface area contributed by atoms with E-state index in [1.54, 1.807) is 30.6 Å². The van der Waals surface area contributed by atoms with Crippen molar-refractivity contribution in [3.8, 4) is 0 Å². The highest BCUT2D eigenvalue weighted by atomic mass is 32.1. The predicted molar refractivity (Wildman–Crippen MR) is 108 cm³/mol. The van der Waals surface area contributed by atoms with Crippen LogP contribution in [-0.2, 0) is 18.4 Å².